The van der Waals surface area contributed by atoms with Crippen LogP contribution in [-0.2, 0) is 9.59 Å². The summed E-state index contributed by atoms with van der Waals surface area (Å²) in [5.74, 6) is -1.75. The molecule has 8 heteroatoms. The number of ether oxygens (including phenoxy) is 2. The van der Waals surface area contributed by atoms with Crippen LogP contribution >= 0.6 is 0 Å². The normalized spacial score (nSPS) is 23.8. The van der Waals surface area contributed by atoms with Gasteiger partial charge in [0, 0.05) is 5.56 Å². The largest absolute Gasteiger partial charge is 0.493 e. The summed E-state index contributed by atoms with van der Waals surface area (Å²) >= 11 is 0. The molecule has 0 N–H and O–H groups in total. The molecule has 0 radical (unpaired) electrons. The van der Waals surface area contributed by atoms with Crippen LogP contribution in [0.3, 0.4) is 0 Å². The first-order valence-electron chi connectivity index (χ1n) is 11.7. The summed E-state index contributed by atoms with van der Waals surface area (Å²) in [6.45, 7) is 0. The molecule has 2 fully saturated rings. The van der Waals surface area contributed by atoms with E-state index in [1.807, 2.05) is 30.3 Å². The van der Waals surface area contributed by atoms with Crippen LogP contribution in [0.1, 0.15) is 27.5 Å². The number of hydrazone groups is 1. The predicted octanol–water partition coefficient (Wildman–Crippen LogP) is 3.47. The number of benzene rings is 3. The Bertz CT molecular complexity index is 1420. The van der Waals surface area contributed by atoms with Gasteiger partial charge in [-0.05, 0) is 41.5 Å². The first-order chi connectivity index (χ1) is 17.5. The summed E-state index contributed by atoms with van der Waals surface area (Å²) in [7, 11) is 3.02. The third-order valence-corrected chi connectivity index (χ3v) is 7.24. The van der Waals surface area contributed by atoms with Crippen LogP contribution in [0.2, 0.25) is 0 Å². The number of methoxy groups -OCH3 is 2. The van der Waals surface area contributed by atoms with E-state index >= 15 is 0 Å². The number of hydrogen-bond acceptors (Lipinski definition) is 7. The molecule has 8 nitrogen and oxygen atoms in total. The number of amides is 2. The van der Waals surface area contributed by atoms with Gasteiger partial charge in [0.1, 0.15) is 6.04 Å². The molecule has 4 atom stereocenters. The summed E-state index contributed by atoms with van der Waals surface area (Å²) in [6.07, 6.45) is 1.69. The zero-order valence-corrected chi connectivity index (χ0v) is 19.7. The molecule has 0 spiro atoms. The van der Waals surface area contributed by atoms with Crippen molar-refractivity contribution in [3.63, 3.8) is 0 Å². The maximum absolute atomic E-state index is 14.0. The second-order valence-electron chi connectivity index (χ2n) is 8.98. The summed E-state index contributed by atoms with van der Waals surface area (Å²) < 4.78 is 10.7. The van der Waals surface area contributed by atoms with E-state index in [1.54, 1.807) is 53.7 Å². The van der Waals surface area contributed by atoms with E-state index in [0.29, 0.717) is 22.7 Å². The SMILES string of the molecule is COc1ccc(C(=O)[C@@H]2[C@@H]3C(=O)N(c4ccccc4)C(=O)[C@H]3[C@H]3c4ccccc4C=NN23)cc1OC. The molecule has 3 aliphatic rings. The molecule has 0 unspecified atom stereocenters. The second-order valence-corrected chi connectivity index (χ2v) is 8.98. The van der Waals surface area contributed by atoms with Crippen LogP contribution in [0.25, 0.3) is 0 Å². The lowest BCUT2D eigenvalue weighted by molar-refractivity contribution is -0.124. The van der Waals surface area contributed by atoms with Gasteiger partial charge in [0.2, 0.25) is 11.8 Å². The maximum atomic E-state index is 14.0. The van der Waals surface area contributed by atoms with E-state index in [1.165, 1.54) is 19.1 Å². The predicted molar refractivity (Wildman–Crippen MR) is 132 cm³/mol. The van der Waals surface area contributed by atoms with Gasteiger partial charge < -0.3 is 9.47 Å². The molecule has 180 valence electrons. The number of carbonyl (C=O) groups is 3. The van der Waals surface area contributed by atoms with E-state index in [-0.39, 0.29) is 11.7 Å². The summed E-state index contributed by atoms with van der Waals surface area (Å²) in [5.41, 5.74) is 2.60. The molecule has 3 aromatic carbocycles. The van der Waals surface area contributed by atoms with Gasteiger partial charge in [0.05, 0.1) is 44.0 Å². The Morgan fingerprint density at radius 1 is 0.833 bits per heavy atom. The number of imide groups is 1. The van der Waals surface area contributed by atoms with Gasteiger partial charge >= 0.3 is 0 Å². The Hall–Kier alpha value is -4.46. The summed E-state index contributed by atoms with van der Waals surface area (Å²) in [5, 5.41) is 6.24. The number of rotatable bonds is 5. The van der Waals surface area contributed by atoms with Crippen LogP contribution in [0, 0.1) is 11.8 Å². The lowest BCUT2D eigenvalue weighted by Gasteiger charge is -2.33. The minimum absolute atomic E-state index is 0.305. The van der Waals surface area contributed by atoms with Gasteiger partial charge in [-0.1, -0.05) is 42.5 Å². The number of anilines is 1. The highest BCUT2D eigenvalue weighted by atomic mass is 16.5. The number of hydrogen-bond donors (Lipinski definition) is 0. The van der Waals surface area contributed by atoms with E-state index in [4.69, 9.17) is 9.47 Å². The van der Waals surface area contributed by atoms with Crippen molar-refractivity contribution < 1.29 is 23.9 Å². The smallest absolute Gasteiger partial charge is 0.240 e. The van der Waals surface area contributed by atoms with Crippen LogP contribution in [-0.4, -0.2) is 49.1 Å². The first-order valence-corrected chi connectivity index (χ1v) is 11.7. The number of carbonyl (C=O) groups excluding carboxylic acids is 3. The molecule has 0 saturated carbocycles. The lowest BCUT2D eigenvalue weighted by Crippen LogP contribution is -2.44. The van der Waals surface area contributed by atoms with Gasteiger partial charge in [-0.2, -0.15) is 5.10 Å². The zero-order chi connectivity index (χ0) is 25.0. The average molecular weight is 482 g/mol. The molecule has 2 saturated heterocycles. The Balaban J connectivity index is 1.49. The topological polar surface area (TPSA) is 88.5 Å². The number of ketones is 1. The molecule has 3 aliphatic heterocycles. The van der Waals surface area contributed by atoms with Gasteiger partial charge in [0.15, 0.2) is 17.3 Å². The standard InChI is InChI=1S/C28H23N3O5/c1-35-20-13-12-16(14-21(20)36-2)26(32)25-23-22(24-19-11-7-6-8-17(19)15-29-31(24)25)27(33)30(28(23)34)18-9-4-3-5-10-18/h3-15,22-25H,1-2H3/t22-,23-,24-,25+/m1/s1. The van der Waals surface area contributed by atoms with Crippen molar-refractivity contribution in [2.75, 3.05) is 19.1 Å². The van der Waals surface area contributed by atoms with Crippen LogP contribution in [0.5, 0.6) is 11.5 Å². The minimum Gasteiger partial charge on any atom is -0.493 e. The summed E-state index contributed by atoms with van der Waals surface area (Å²) in [4.78, 5) is 42.9. The maximum Gasteiger partial charge on any atom is 0.240 e. The fourth-order valence-electron chi connectivity index (χ4n) is 5.66. The van der Waals surface area contributed by atoms with E-state index < -0.39 is 29.8 Å². The van der Waals surface area contributed by atoms with E-state index in [2.05, 4.69) is 5.10 Å². The molecule has 36 heavy (non-hydrogen) atoms. The molecule has 0 bridgehead atoms. The highest BCUT2D eigenvalue weighted by molar-refractivity contribution is 6.24. The quantitative estimate of drug-likeness (QED) is 0.410. The number of fused-ring (bicyclic) bond motifs is 5. The van der Waals surface area contributed by atoms with Crippen molar-refractivity contribution >= 4 is 29.5 Å². The van der Waals surface area contributed by atoms with Gasteiger partial charge in [-0.25, -0.2) is 4.90 Å². The van der Waals surface area contributed by atoms with Crippen LogP contribution < -0.4 is 14.4 Å². The van der Waals surface area contributed by atoms with Crippen molar-refractivity contribution in [2.45, 2.75) is 12.1 Å². The fourth-order valence-corrected chi connectivity index (χ4v) is 5.66. The number of Topliss-reactive ketones (excluding diaryl/α,β-unsaturated/α-hetero) is 1. The average Bonchev–Trinajstić information content (AvgIpc) is 3.40. The minimum atomic E-state index is -0.951. The van der Waals surface area contributed by atoms with Gasteiger partial charge in [0.25, 0.3) is 0 Å². The van der Waals surface area contributed by atoms with E-state index in [9.17, 15) is 14.4 Å². The van der Waals surface area contributed by atoms with Crippen molar-refractivity contribution in [3.05, 3.63) is 89.5 Å². The number of para-hydroxylation sites is 1. The molecule has 0 aliphatic carbocycles. The Kier molecular flexibility index (Phi) is 5.10. The molecule has 0 aromatic heterocycles. The van der Waals surface area contributed by atoms with Crippen molar-refractivity contribution in [2.24, 2.45) is 16.9 Å². The molecular weight excluding hydrogens is 458 g/mol. The third kappa shape index (κ3) is 3.07. The van der Waals surface area contributed by atoms with Crippen molar-refractivity contribution in [1.29, 1.82) is 0 Å². The highest BCUT2D eigenvalue weighted by Gasteiger charge is 2.65. The Morgan fingerprint density at radius 3 is 2.28 bits per heavy atom. The number of nitrogens with zero attached hydrogens (tertiary/aromatic N) is 3. The van der Waals surface area contributed by atoms with Crippen molar-refractivity contribution in [3.8, 4) is 11.5 Å². The van der Waals surface area contributed by atoms with Crippen molar-refractivity contribution in [1.82, 2.24) is 5.01 Å². The first kappa shape index (κ1) is 22.0. The van der Waals surface area contributed by atoms with Crippen LogP contribution in [0.15, 0.2) is 77.9 Å². The highest BCUT2D eigenvalue weighted by Crippen LogP contribution is 2.53. The van der Waals surface area contributed by atoms with Gasteiger partial charge in [-0.3, -0.25) is 19.4 Å². The van der Waals surface area contributed by atoms with Crippen LogP contribution in [0.4, 0.5) is 5.69 Å². The molecule has 6 rings (SSSR count). The Labute approximate surface area is 207 Å². The van der Waals surface area contributed by atoms with Gasteiger partial charge in [-0.15, -0.1) is 0 Å². The fraction of sp³-hybridized carbons (Fsp3) is 0.214. The second kappa shape index (κ2) is 8.34. The third-order valence-electron chi connectivity index (χ3n) is 7.24. The van der Waals surface area contributed by atoms with E-state index in [0.717, 1.165) is 11.1 Å². The molecule has 3 heterocycles. The monoisotopic (exact) mass is 481 g/mol. The summed E-state index contributed by atoms with van der Waals surface area (Å²) in [6, 6.07) is 19.9. The molecule has 3 aromatic rings. The zero-order valence-electron chi connectivity index (χ0n) is 19.7. The molecule has 2 amide bonds. The molecular formula is C28H23N3O5. The lowest BCUT2D eigenvalue weighted by atomic mass is 9.83. The Morgan fingerprint density at radius 2 is 1.53 bits per heavy atom.